The normalized spacial score (nSPS) is 19.5. The van der Waals surface area contributed by atoms with Gasteiger partial charge in [0.2, 0.25) is 0 Å². The number of methoxy groups -OCH3 is 3. The predicted molar refractivity (Wildman–Crippen MR) is 117 cm³/mol. The molecule has 0 saturated carbocycles. The third kappa shape index (κ3) is 3.49. The summed E-state index contributed by atoms with van der Waals surface area (Å²) in [5.41, 5.74) is -0.142. The number of fused-ring (bicyclic) bond motifs is 2. The number of carbonyl (C=O) groups excluding carboxylic acids is 3. The molecule has 0 radical (unpaired) electrons. The van der Waals surface area contributed by atoms with E-state index < -0.39 is 35.5 Å². The molecule has 2 N–H and O–H groups in total. The van der Waals surface area contributed by atoms with Gasteiger partial charge in [0.25, 0.3) is 11.8 Å². The second-order valence-corrected chi connectivity index (χ2v) is 8.16. The van der Waals surface area contributed by atoms with Crippen LogP contribution in [0.2, 0.25) is 0 Å². The first-order valence-corrected chi connectivity index (χ1v) is 10.5. The largest absolute Gasteiger partial charge is 0.494 e. The van der Waals surface area contributed by atoms with Crippen molar-refractivity contribution in [1.82, 2.24) is 20.5 Å². The van der Waals surface area contributed by atoms with Crippen molar-refractivity contribution in [3.05, 3.63) is 58.7 Å². The Kier molecular flexibility index (Phi) is 5.41. The fourth-order valence-corrected chi connectivity index (χ4v) is 4.46. The summed E-state index contributed by atoms with van der Waals surface area (Å²) in [6.45, 7) is -0.267. The Morgan fingerprint density at radius 2 is 1.97 bits per heavy atom. The number of nitrogens with one attached hydrogen (secondary N) is 2. The Balaban J connectivity index is 1.54. The molecule has 1 aromatic carbocycles. The third-order valence-corrected chi connectivity index (χ3v) is 6.16. The number of amides is 4. The highest BCUT2D eigenvalue weighted by Crippen LogP contribution is 2.36. The summed E-state index contributed by atoms with van der Waals surface area (Å²) < 4.78 is 36.2. The Morgan fingerprint density at radius 3 is 2.63 bits per heavy atom. The summed E-state index contributed by atoms with van der Waals surface area (Å²) in [5.74, 6) is -2.13. The van der Waals surface area contributed by atoms with Crippen LogP contribution in [0.25, 0.3) is 11.1 Å². The first kappa shape index (κ1) is 22.7. The topological polar surface area (TPSA) is 132 Å². The highest BCUT2D eigenvalue weighted by Gasteiger charge is 2.53. The van der Waals surface area contributed by atoms with Crippen LogP contribution < -0.4 is 15.4 Å². The molecule has 0 spiro atoms. The van der Waals surface area contributed by atoms with Gasteiger partial charge in [0.05, 0.1) is 19.2 Å². The van der Waals surface area contributed by atoms with Crippen LogP contribution in [-0.2, 0) is 26.4 Å². The van der Waals surface area contributed by atoms with Gasteiger partial charge in [0, 0.05) is 38.6 Å². The molecular weight excluding hydrogens is 463 g/mol. The van der Waals surface area contributed by atoms with Crippen molar-refractivity contribution in [3.8, 4) is 5.75 Å². The van der Waals surface area contributed by atoms with Gasteiger partial charge in [0.1, 0.15) is 11.3 Å². The van der Waals surface area contributed by atoms with Crippen LogP contribution in [0.15, 0.2) is 34.9 Å². The summed E-state index contributed by atoms with van der Waals surface area (Å²) in [4.78, 5) is 43.9. The summed E-state index contributed by atoms with van der Waals surface area (Å²) in [6.07, 6.45) is 0.854. The minimum absolute atomic E-state index is 0.0337. The van der Waals surface area contributed by atoms with E-state index in [0.717, 1.165) is 0 Å². The van der Waals surface area contributed by atoms with E-state index in [0.29, 0.717) is 22.2 Å². The number of rotatable bonds is 7. The highest BCUT2D eigenvalue weighted by molar-refractivity contribution is 6.08. The first-order chi connectivity index (χ1) is 16.8. The Bertz CT molecular complexity index is 1370. The predicted octanol–water partition coefficient (Wildman–Crippen LogP) is 1.96. The van der Waals surface area contributed by atoms with Gasteiger partial charge >= 0.3 is 6.03 Å². The minimum Gasteiger partial charge on any atom is -0.494 e. The number of halogens is 1. The first-order valence-electron chi connectivity index (χ1n) is 10.5. The van der Waals surface area contributed by atoms with E-state index >= 15 is 0 Å². The molecule has 4 heterocycles. The molecule has 35 heavy (non-hydrogen) atoms. The molecular formula is C23H21FN4O7. The number of urea groups is 1. The molecule has 0 bridgehead atoms. The monoisotopic (exact) mass is 484 g/mol. The maximum atomic E-state index is 14.8. The van der Waals surface area contributed by atoms with Crippen LogP contribution in [0.4, 0.5) is 9.18 Å². The van der Waals surface area contributed by atoms with Gasteiger partial charge in [-0.05, 0) is 17.7 Å². The zero-order valence-corrected chi connectivity index (χ0v) is 19.0. The smallest absolute Gasteiger partial charge is 0.322 e. The van der Waals surface area contributed by atoms with Gasteiger partial charge in [-0.15, -0.1) is 0 Å². The van der Waals surface area contributed by atoms with Gasteiger partial charge in [0.15, 0.2) is 29.0 Å². The van der Waals surface area contributed by atoms with E-state index in [1.807, 2.05) is 0 Å². The van der Waals surface area contributed by atoms with Crippen LogP contribution in [-0.4, -0.2) is 55.6 Å². The number of hydrogen-bond acceptors (Lipinski definition) is 8. The summed E-state index contributed by atoms with van der Waals surface area (Å²) >= 11 is 0. The lowest BCUT2D eigenvalue weighted by Crippen LogP contribution is -2.52. The number of imide groups is 1. The van der Waals surface area contributed by atoms with Crippen molar-refractivity contribution in [3.63, 3.8) is 0 Å². The SMILES string of the molecule is COc1ccc2c(c1F)C(=O)N(C[C@@]1(c3cc4ncc(C(OC)OC)cc4o3)NC(=O)NC1=O)C2. The second-order valence-electron chi connectivity index (χ2n) is 8.16. The van der Waals surface area contributed by atoms with Gasteiger partial charge < -0.3 is 28.8 Å². The molecule has 3 aromatic rings. The fourth-order valence-electron chi connectivity index (χ4n) is 4.46. The lowest BCUT2D eigenvalue weighted by Gasteiger charge is -2.28. The lowest BCUT2D eigenvalue weighted by molar-refractivity contribution is -0.125. The molecule has 5 rings (SSSR count). The number of benzene rings is 1. The van der Waals surface area contributed by atoms with Crippen molar-refractivity contribution in [2.24, 2.45) is 0 Å². The molecule has 0 aliphatic carbocycles. The number of nitrogens with zero attached hydrogens (tertiary/aromatic N) is 2. The molecule has 4 amide bonds. The van der Waals surface area contributed by atoms with E-state index in [4.69, 9.17) is 18.6 Å². The molecule has 2 aromatic heterocycles. The van der Waals surface area contributed by atoms with Crippen molar-refractivity contribution in [1.29, 1.82) is 0 Å². The number of carbonyl (C=O) groups is 3. The van der Waals surface area contributed by atoms with Gasteiger partial charge in [-0.3, -0.25) is 19.9 Å². The van der Waals surface area contributed by atoms with Gasteiger partial charge in [-0.1, -0.05) is 6.07 Å². The summed E-state index contributed by atoms with van der Waals surface area (Å²) in [5, 5.41) is 4.78. The molecule has 1 atom stereocenters. The second kappa shape index (κ2) is 8.32. The Hall–Kier alpha value is -4.03. The molecule has 11 nitrogen and oxygen atoms in total. The van der Waals surface area contributed by atoms with Gasteiger partial charge in [-0.2, -0.15) is 0 Å². The fraction of sp³-hybridized carbons (Fsp3) is 0.304. The van der Waals surface area contributed by atoms with Gasteiger partial charge in [-0.25, -0.2) is 9.18 Å². The van der Waals surface area contributed by atoms with Crippen LogP contribution in [0.5, 0.6) is 5.75 Å². The summed E-state index contributed by atoms with van der Waals surface area (Å²) in [6, 6.07) is 5.42. The number of hydrogen-bond donors (Lipinski definition) is 2. The van der Waals surface area contributed by atoms with E-state index in [2.05, 4.69) is 15.6 Å². The molecule has 1 saturated heterocycles. The number of furan rings is 1. The van der Waals surface area contributed by atoms with E-state index in [-0.39, 0.29) is 30.2 Å². The van der Waals surface area contributed by atoms with E-state index in [9.17, 15) is 18.8 Å². The third-order valence-electron chi connectivity index (χ3n) is 6.16. The van der Waals surface area contributed by atoms with Crippen LogP contribution >= 0.6 is 0 Å². The maximum Gasteiger partial charge on any atom is 0.322 e. The highest BCUT2D eigenvalue weighted by atomic mass is 19.1. The minimum atomic E-state index is -1.75. The zero-order chi connectivity index (χ0) is 24.9. The summed E-state index contributed by atoms with van der Waals surface area (Å²) in [7, 11) is 4.25. The quantitative estimate of drug-likeness (QED) is 0.384. The van der Waals surface area contributed by atoms with E-state index in [1.54, 1.807) is 12.1 Å². The van der Waals surface area contributed by atoms with Crippen molar-refractivity contribution in [2.75, 3.05) is 27.9 Å². The average molecular weight is 484 g/mol. The number of pyridine rings is 1. The van der Waals surface area contributed by atoms with Crippen LogP contribution in [0.3, 0.4) is 0 Å². The Labute approximate surface area is 198 Å². The average Bonchev–Trinajstić information content (AvgIpc) is 3.49. The molecule has 1 fully saturated rings. The molecule has 182 valence electrons. The zero-order valence-electron chi connectivity index (χ0n) is 19.0. The lowest BCUT2D eigenvalue weighted by atomic mass is 9.95. The molecule has 12 heteroatoms. The molecule has 0 unspecified atom stereocenters. The van der Waals surface area contributed by atoms with Crippen LogP contribution in [0, 0.1) is 5.82 Å². The van der Waals surface area contributed by atoms with Crippen molar-refractivity contribution in [2.45, 2.75) is 18.4 Å². The molecule has 2 aliphatic rings. The van der Waals surface area contributed by atoms with Crippen molar-refractivity contribution >= 4 is 28.9 Å². The standard InChI is InChI=1S/C23H21FN4O7/c1-32-14-5-4-11-9-28(19(29)17(11)18(14)24)10-23(21(30)26-22(31)27-23)16-7-13-15(35-16)6-12(8-25-13)20(33-2)34-3/h4-8,20H,9-10H2,1-3H3,(H2,26,27,30,31)/t23-/m0/s1. The molecule has 2 aliphatic heterocycles. The van der Waals surface area contributed by atoms with Crippen LogP contribution in [0.1, 0.15) is 33.5 Å². The number of aromatic nitrogens is 1. The maximum absolute atomic E-state index is 14.8. The number of ether oxygens (including phenoxy) is 3. The van der Waals surface area contributed by atoms with Crippen molar-refractivity contribution < 1.29 is 37.4 Å². The van der Waals surface area contributed by atoms with E-state index in [1.165, 1.54) is 44.6 Å². The Morgan fingerprint density at radius 1 is 1.20 bits per heavy atom.